The predicted octanol–water partition coefficient (Wildman–Crippen LogP) is 8.40. The van der Waals surface area contributed by atoms with Crippen LogP contribution < -0.4 is 5.32 Å². The van der Waals surface area contributed by atoms with Gasteiger partial charge in [-0.1, -0.05) is 126 Å². The van der Waals surface area contributed by atoms with Crippen molar-refractivity contribution in [3.05, 3.63) is 48.0 Å². The number of carboxylic acids is 1. The molecular formula is C31H51NO3. The van der Waals surface area contributed by atoms with Crippen molar-refractivity contribution in [1.29, 1.82) is 0 Å². The smallest absolute Gasteiger partial charge is 0.326 e. The second-order valence-corrected chi connectivity index (χ2v) is 9.90. The fraction of sp³-hybridized carbons (Fsp3) is 0.677. The number of allylic oxidation sites excluding steroid dienone is 2. The third kappa shape index (κ3) is 18.8. The third-order valence-corrected chi connectivity index (χ3v) is 6.58. The number of unbranched alkanes of at least 4 members (excludes halogenated alkanes) is 15. The molecule has 0 bridgehead atoms. The lowest BCUT2D eigenvalue weighted by Gasteiger charge is -2.14. The zero-order valence-corrected chi connectivity index (χ0v) is 22.3. The highest BCUT2D eigenvalue weighted by Gasteiger charge is 2.19. The molecule has 1 atom stereocenters. The lowest BCUT2D eigenvalue weighted by atomic mass is 10.0. The van der Waals surface area contributed by atoms with Crippen LogP contribution in [0.4, 0.5) is 0 Å². The van der Waals surface area contributed by atoms with Crippen LogP contribution in [0.25, 0.3) is 0 Å². The second kappa shape index (κ2) is 22.4. The molecule has 0 saturated heterocycles. The summed E-state index contributed by atoms with van der Waals surface area (Å²) in [6.07, 6.45) is 27.0. The van der Waals surface area contributed by atoms with E-state index in [1.165, 1.54) is 89.9 Å². The first-order chi connectivity index (χ1) is 17.1. The minimum absolute atomic E-state index is 0.160. The number of nitrogens with one attached hydrogen (secondary N) is 1. The molecule has 0 fully saturated rings. The summed E-state index contributed by atoms with van der Waals surface area (Å²) in [7, 11) is 0. The van der Waals surface area contributed by atoms with E-state index in [0.29, 0.717) is 12.8 Å². The molecule has 0 spiro atoms. The summed E-state index contributed by atoms with van der Waals surface area (Å²) in [6.45, 7) is 2.27. The maximum atomic E-state index is 12.1. The van der Waals surface area contributed by atoms with Gasteiger partial charge in [0.1, 0.15) is 6.04 Å². The van der Waals surface area contributed by atoms with E-state index >= 15 is 0 Å². The summed E-state index contributed by atoms with van der Waals surface area (Å²) >= 11 is 0. The lowest BCUT2D eigenvalue weighted by molar-refractivity contribution is -0.141. The summed E-state index contributed by atoms with van der Waals surface area (Å²) in [5, 5.41) is 12.1. The largest absolute Gasteiger partial charge is 0.480 e. The lowest BCUT2D eigenvalue weighted by Crippen LogP contribution is -2.42. The maximum Gasteiger partial charge on any atom is 0.326 e. The first-order valence-corrected chi connectivity index (χ1v) is 14.3. The Labute approximate surface area is 215 Å². The third-order valence-electron chi connectivity index (χ3n) is 6.58. The second-order valence-electron chi connectivity index (χ2n) is 9.90. The molecule has 2 N–H and O–H groups in total. The molecule has 4 nitrogen and oxygen atoms in total. The highest BCUT2D eigenvalue weighted by atomic mass is 16.4. The van der Waals surface area contributed by atoms with Gasteiger partial charge in [-0.05, 0) is 37.7 Å². The van der Waals surface area contributed by atoms with E-state index in [2.05, 4.69) is 24.4 Å². The van der Waals surface area contributed by atoms with Crippen molar-refractivity contribution in [2.45, 2.75) is 135 Å². The average molecular weight is 486 g/mol. The monoisotopic (exact) mass is 485 g/mol. The number of aliphatic carboxylic acids is 1. The molecule has 0 radical (unpaired) electrons. The average Bonchev–Trinajstić information content (AvgIpc) is 2.85. The number of benzene rings is 1. The molecule has 198 valence electrons. The van der Waals surface area contributed by atoms with Crippen molar-refractivity contribution in [3.8, 4) is 0 Å². The fourth-order valence-electron chi connectivity index (χ4n) is 4.38. The number of carbonyl (C=O) groups excluding carboxylic acids is 1. The molecular weight excluding hydrogens is 434 g/mol. The summed E-state index contributed by atoms with van der Waals surface area (Å²) < 4.78 is 0. The molecule has 0 aliphatic rings. The Morgan fingerprint density at radius 3 is 1.74 bits per heavy atom. The molecule has 35 heavy (non-hydrogen) atoms. The SMILES string of the molecule is CCCCCCCCCC/C=C\CCCCCCCCCC(=O)N[C@@H](Cc1ccccc1)C(=O)O. The minimum atomic E-state index is -0.981. The van der Waals surface area contributed by atoms with Crippen molar-refractivity contribution < 1.29 is 14.7 Å². The van der Waals surface area contributed by atoms with E-state index in [1.54, 1.807) is 0 Å². The molecule has 0 aromatic heterocycles. The zero-order valence-electron chi connectivity index (χ0n) is 22.3. The van der Waals surface area contributed by atoms with Crippen LogP contribution in [-0.4, -0.2) is 23.0 Å². The highest BCUT2D eigenvalue weighted by molar-refractivity contribution is 5.83. The van der Waals surface area contributed by atoms with Gasteiger partial charge in [-0.25, -0.2) is 4.79 Å². The van der Waals surface area contributed by atoms with Crippen molar-refractivity contribution in [1.82, 2.24) is 5.32 Å². The summed E-state index contributed by atoms with van der Waals surface area (Å²) in [5.74, 6) is -1.14. The molecule has 0 saturated carbocycles. The molecule has 0 heterocycles. The van der Waals surface area contributed by atoms with Crippen LogP contribution in [0, 0.1) is 0 Å². The molecule has 1 rings (SSSR count). The highest BCUT2D eigenvalue weighted by Crippen LogP contribution is 2.12. The molecule has 0 aliphatic heterocycles. The van der Waals surface area contributed by atoms with Gasteiger partial charge in [0.05, 0.1) is 0 Å². The van der Waals surface area contributed by atoms with Gasteiger partial charge >= 0.3 is 5.97 Å². The van der Waals surface area contributed by atoms with Gasteiger partial charge in [0.15, 0.2) is 0 Å². The fourth-order valence-corrected chi connectivity index (χ4v) is 4.38. The minimum Gasteiger partial charge on any atom is -0.480 e. The zero-order chi connectivity index (χ0) is 25.4. The van der Waals surface area contributed by atoms with Crippen LogP contribution in [0.2, 0.25) is 0 Å². The van der Waals surface area contributed by atoms with E-state index in [0.717, 1.165) is 24.8 Å². The van der Waals surface area contributed by atoms with E-state index < -0.39 is 12.0 Å². The number of amides is 1. The normalized spacial score (nSPS) is 12.1. The summed E-state index contributed by atoms with van der Waals surface area (Å²) in [5.41, 5.74) is 0.916. The Morgan fingerprint density at radius 2 is 1.23 bits per heavy atom. The predicted molar refractivity (Wildman–Crippen MR) is 148 cm³/mol. The topological polar surface area (TPSA) is 66.4 Å². The van der Waals surface area contributed by atoms with Crippen molar-refractivity contribution in [2.75, 3.05) is 0 Å². The Balaban J connectivity index is 1.91. The van der Waals surface area contributed by atoms with Crippen molar-refractivity contribution in [2.24, 2.45) is 0 Å². The first kappa shape index (κ1) is 30.9. The number of hydrogen-bond acceptors (Lipinski definition) is 2. The first-order valence-electron chi connectivity index (χ1n) is 14.3. The van der Waals surface area contributed by atoms with Gasteiger partial charge in [0.25, 0.3) is 0 Å². The van der Waals surface area contributed by atoms with Gasteiger partial charge < -0.3 is 10.4 Å². The molecule has 1 amide bonds. The van der Waals surface area contributed by atoms with Crippen LogP contribution >= 0.6 is 0 Å². The number of carbonyl (C=O) groups is 2. The Kier molecular flexibility index (Phi) is 19.8. The molecule has 0 aliphatic carbocycles. The number of carboxylic acid groups (broad SMARTS) is 1. The Morgan fingerprint density at radius 1 is 0.743 bits per heavy atom. The number of rotatable bonds is 23. The Bertz CT molecular complexity index is 671. The van der Waals surface area contributed by atoms with Gasteiger partial charge in [0.2, 0.25) is 5.91 Å². The van der Waals surface area contributed by atoms with Crippen LogP contribution in [0.15, 0.2) is 42.5 Å². The van der Waals surface area contributed by atoms with E-state index in [-0.39, 0.29) is 5.91 Å². The van der Waals surface area contributed by atoms with Crippen LogP contribution in [0.1, 0.15) is 128 Å². The van der Waals surface area contributed by atoms with E-state index in [9.17, 15) is 14.7 Å². The Hall–Kier alpha value is -2.10. The van der Waals surface area contributed by atoms with Gasteiger partial charge in [-0.2, -0.15) is 0 Å². The molecule has 1 aromatic rings. The number of hydrogen-bond donors (Lipinski definition) is 2. The van der Waals surface area contributed by atoms with Crippen molar-refractivity contribution in [3.63, 3.8) is 0 Å². The van der Waals surface area contributed by atoms with Crippen molar-refractivity contribution >= 4 is 11.9 Å². The molecule has 4 heteroatoms. The molecule has 0 unspecified atom stereocenters. The maximum absolute atomic E-state index is 12.1. The van der Waals surface area contributed by atoms with Gasteiger partial charge in [0, 0.05) is 12.8 Å². The summed E-state index contributed by atoms with van der Waals surface area (Å²) in [4.78, 5) is 23.6. The van der Waals surface area contributed by atoms with Crippen LogP contribution in [-0.2, 0) is 16.0 Å². The van der Waals surface area contributed by atoms with Crippen LogP contribution in [0.3, 0.4) is 0 Å². The van der Waals surface area contributed by atoms with E-state index in [1.807, 2.05) is 30.3 Å². The van der Waals surface area contributed by atoms with Crippen LogP contribution in [0.5, 0.6) is 0 Å². The summed E-state index contributed by atoms with van der Waals surface area (Å²) in [6, 6.07) is 8.57. The quantitative estimate of drug-likeness (QED) is 0.121. The van der Waals surface area contributed by atoms with Gasteiger partial charge in [-0.3, -0.25) is 4.79 Å². The van der Waals surface area contributed by atoms with E-state index in [4.69, 9.17) is 0 Å². The van der Waals surface area contributed by atoms with Gasteiger partial charge in [-0.15, -0.1) is 0 Å². The molecule has 1 aromatic carbocycles. The standard InChI is InChI=1S/C31H51NO3/c1-2-3-4-5-6-7-8-9-10-11-12-13-14-15-16-17-18-19-23-26-30(33)32-29(31(34)35)27-28-24-21-20-22-25-28/h11-12,20-22,24-25,29H,2-10,13-19,23,26-27H2,1H3,(H,32,33)(H,34,35)/b12-11-/t29-/m0/s1.